The summed E-state index contributed by atoms with van der Waals surface area (Å²) < 4.78 is 17.0. The van der Waals surface area contributed by atoms with Crippen LogP contribution in [0.25, 0.3) is 0 Å². The Balaban J connectivity index is 1.67. The summed E-state index contributed by atoms with van der Waals surface area (Å²) in [7, 11) is 3.15. The van der Waals surface area contributed by atoms with Crippen LogP contribution in [0.5, 0.6) is 17.2 Å². The lowest BCUT2D eigenvalue weighted by molar-refractivity contribution is -0.134. The first-order valence-corrected chi connectivity index (χ1v) is 11.9. The van der Waals surface area contributed by atoms with Gasteiger partial charge in [0.1, 0.15) is 12.3 Å². The highest BCUT2D eigenvalue weighted by molar-refractivity contribution is 6.04. The molecule has 3 aromatic rings. The molecule has 0 saturated carbocycles. The van der Waals surface area contributed by atoms with E-state index in [-0.39, 0.29) is 24.9 Å². The maximum Gasteiger partial charge on any atom is 0.268 e. The fraction of sp³-hybridized carbons (Fsp3) is 0.321. The number of ether oxygens (including phenoxy) is 3. The monoisotopic (exact) mass is 489 g/mol. The second kappa shape index (κ2) is 11.1. The van der Waals surface area contributed by atoms with Gasteiger partial charge in [-0.15, -0.1) is 0 Å². The van der Waals surface area contributed by atoms with Gasteiger partial charge in [0.25, 0.3) is 5.91 Å². The fourth-order valence-electron chi connectivity index (χ4n) is 4.32. The molecule has 0 unspecified atom stereocenters. The van der Waals surface area contributed by atoms with E-state index in [0.717, 1.165) is 16.7 Å². The number of hydrogen-bond acceptors (Lipinski definition) is 6. The average molecular weight is 490 g/mol. The van der Waals surface area contributed by atoms with Gasteiger partial charge in [-0.2, -0.15) is 0 Å². The third kappa shape index (κ3) is 5.27. The summed E-state index contributed by atoms with van der Waals surface area (Å²) in [5.74, 6) is 1.33. The number of carbonyl (C=O) groups is 2. The molecule has 2 aromatic carbocycles. The number of aromatic nitrogens is 1. The summed E-state index contributed by atoms with van der Waals surface area (Å²) in [6.45, 7) is 4.32. The van der Waals surface area contributed by atoms with Gasteiger partial charge < -0.3 is 19.1 Å². The van der Waals surface area contributed by atoms with Crippen LogP contribution >= 0.6 is 0 Å². The highest BCUT2D eigenvalue weighted by atomic mass is 16.5. The quantitative estimate of drug-likeness (QED) is 0.449. The summed E-state index contributed by atoms with van der Waals surface area (Å²) in [4.78, 5) is 34.5. The number of carbonyl (C=O) groups excluding carboxylic acids is 2. The van der Waals surface area contributed by atoms with Crippen molar-refractivity contribution in [2.75, 3.05) is 25.7 Å². The number of aryl methyl sites for hydroxylation is 1. The second-order valence-electron chi connectivity index (χ2n) is 8.67. The lowest BCUT2D eigenvalue weighted by atomic mass is 10.1. The van der Waals surface area contributed by atoms with Crippen molar-refractivity contribution in [1.29, 1.82) is 0 Å². The summed E-state index contributed by atoms with van der Waals surface area (Å²) in [6, 6.07) is 15.0. The molecule has 36 heavy (non-hydrogen) atoms. The van der Waals surface area contributed by atoms with Gasteiger partial charge >= 0.3 is 0 Å². The molecule has 188 valence electrons. The van der Waals surface area contributed by atoms with Gasteiger partial charge in [-0.05, 0) is 48.7 Å². The average Bonchev–Trinajstić information content (AvgIpc) is 2.90. The van der Waals surface area contributed by atoms with E-state index in [1.54, 1.807) is 36.4 Å². The molecule has 1 aliphatic heterocycles. The van der Waals surface area contributed by atoms with Crippen molar-refractivity contribution >= 4 is 17.5 Å². The predicted octanol–water partition coefficient (Wildman–Crippen LogP) is 4.14. The predicted molar refractivity (Wildman–Crippen MR) is 136 cm³/mol. The van der Waals surface area contributed by atoms with Crippen molar-refractivity contribution in [3.8, 4) is 17.2 Å². The van der Waals surface area contributed by atoms with Crippen molar-refractivity contribution in [2.24, 2.45) is 0 Å². The van der Waals surface area contributed by atoms with E-state index in [1.165, 1.54) is 0 Å². The molecule has 4 rings (SSSR count). The molecule has 1 atom stereocenters. The molecule has 0 radical (unpaired) electrons. The molecule has 0 saturated heterocycles. The summed E-state index contributed by atoms with van der Waals surface area (Å²) in [6.07, 6.45) is 3.31. The molecule has 1 aliphatic rings. The topological polar surface area (TPSA) is 81.2 Å². The Kier molecular flexibility index (Phi) is 7.73. The van der Waals surface area contributed by atoms with Gasteiger partial charge in [-0.3, -0.25) is 19.5 Å². The third-order valence-electron chi connectivity index (χ3n) is 6.17. The van der Waals surface area contributed by atoms with E-state index in [0.29, 0.717) is 35.9 Å². The first-order valence-electron chi connectivity index (χ1n) is 11.9. The summed E-state index contributed by atoms with van der Waals surface area (Å²) >= 11 is 0. The zero-order valence-electron chi connectivity index (χ0n) is 21.1. The Morgan fingerprint density at radius 3 is 2.64 bits per heavy atom. The molecule has 0 aliphatic carbocycles. The molecule has 0 spiro atoms. The summed E-state index contributed by atoms with van der Waals surface area (Å²) in [5, 5.41) is 0. The van der Waals surface area contributed by atoms with Crippen LogP contribution in [0, 0.1) is 6.92 Å². The van der Waals surface area contributed by atoms with E-state index in [9.17, 15) is 9.59 Å². The molecule has 1 aromatic heterocycles. The Hall–Kier alpha value is -4.07. The van der Waals surface area contributed by atoms with Crippen molar-refractivity contribution < 1.29 is 23.8 Å². The minimum absolute atomic E-state index is 0.109. The van der Waals surface area contributed by atoms with E-state index < -0.39 is 6.10 Å². The van der Waals surface area contributed by atoms with Crippen LogP contribution in [0.2, 0.25) is 0 Å². The number of rotatable bonds is 9. The van der Waals surface area contributed by atoms with Gasteiger partial charge in [0.2, 0.25) is 5.91 Å². The van der Waals surface area contributed by atoms with E-state index in [2.05, 4.69) is 4.98 Å². The summed E-state index contributed by atoms with van der Waals surface area (Å²) in [5.41, 5.74) is 3.26. The maximum atomic E-state index is 13.8. The van der Waals surface area contributed by atoms with Crippen LogP contribution in [0.1, 0.15) is 30.0 Å². The van der Waals surface area contributed by atoms with Crippen molar-refractivity contribution in [3.63, 3.8) is 0 Å². The van der Waals surface area contributed by atoms with Crippen LogP contribution in [0.15, 0.2) is 60.9 Å². The van der Waals surface area contributed by atoms with Gasteiger partial charge in [-0.1, -0.05) is 31.2 Å². The Labute approximate surface area is 211 Å². The number of amides is 2. The van der Waals surface area contributed by atoms with E-state index in [4.69, 9.17) is 14.2 Å². The zero-order chi connectivity index (χ0) is 25.7. The number of hydrogen-bond donors (Lipinski definition) is 0. The number of pyridine rings is 1. The molecule has 8 nitrogen and oxygen atoms in total. The molecule has 0 fully saturated rings. The minimum Gasteiger partial charge on any atom is -0.493 e. The minimum atomic E-state index is -0.627. The molecular formula is C28H31N3O5. The number of fused-ring (bicyclic) bond motifs is 1. The maximum absolute atomic E-state index is 13.8. The standard InChI is InChI=1S/C28H31N3O5/c1-5-23-28(33)31(22-14-19(2)11-12-24(22)36-23)18-26(32)30(16-20-8-7-13-29-15-20)17-21-9-6-10-25(34-3)27(21)35-4/h6-15,23H,5,16-18H2,1-4H3/t23-/m0/s1. The molecule has 0 N–H and O–H groups in total. The first-order chi connectivity index (χ1) is 17.4. The third-order valence-corrected chi connectivity index (χ3v) is 6.17. The molecule has 2 amide bonds. The van der Waals surface area contributed by atoms with E-state index >= 15 is 0 Å². The number of methoxy groups -OCH3 is 2. The van der Waals surface area contributed by atoms with Gasteiger partial charge in [0.05, 0.1) is 19.9 Å². The lowest BCUT2D eigenvalue weighted by Crippen LogP contribution is -2.50. The van der Waals surface area contributed by atoms with Crippen LogP contribution in [-0.2, 0) is 22.7 Å². The Morgan fingerprint density at radius 1 is 1.11 bits per heavy atom. The second-order valence-corrected chi connectivity index (χ2v) is 8.67. The number of anilines is 1. The van der Waals surface area contributed by atoms with Crippen molar-refractivity contribution in [1.82, 2.24) is 9.88 Å². The first kappa shape index (κ1) is 25.0. The zero-order valence-corrected chi connectivity index (χ0v) is 21.1. The Morgan fingerprint density at radius 2 is 1.94 bits per heavy atom. The highest BCUT2D eigenvalue weighted by Crippen LogP contribution is 2.36. The SMILES string of the molecule is CC[C@@H]1Oc2ccc(C)cc2N(CC(=O)N(Cc2cccnc2)Cc2cccc(OC)c2OC)C1=O. The number of benzene rings is 2. The highest BCUT2D eigenvalue weighted by Gasteiger charge is 2.35. The molecular weight excluding hydrogens is 458 g/mol. The molecule has 8 heteroatoms. The molecule has 2 heterocycles. The van der Waals surface area contributed by atoms with Crippen LogP contribution in [0.4, 0.5) is 5.69 Å². The lowest BCUT2D eigenvalue weighted by Gasteiger charge is -2.35. The normalized spacial score (nSPS) is 14.6. The van der Waals surface area contributed by atoms with Crippen LogP contribution in [0.3, 0.4) is 0 Å². The van der Waals surface area contributed by atoms with Crippen LogP contribution < -0.4 is 19.1 Å². The Bertz CT molecular complexity index is 1230. The van der Waals surface area contributed by atoms with Crippen molar-refractivity contribution in [2.45, 2.75) is 39.5 Å². The van der Waals surface area contributed by atoms with Gasteiger partial charge in [0.15, 0.2) is 17.6 Å². The van der Waals surface area contributed by atoms with E-state index in [1.807, 2.05) is 62.4 Å². The number of para-hydroxylation sites is 1. The van der Waals surface area contributed by atoms with Crippen molar-refractivity contribution in [3.05, 3.63) is 77.6 Å². The largest absolute Gasteiger partial charge is 0.493 e. The smallest absolute Gasteiger partial charge is 0.268 e. The fourth-order valence-corrected chi connectivity index (χ4v) is 4.32. The number of nitrogens with zero attached hydrogens (tertiary/aromatic N) is 3. The van der Waals surface area contributed by atoms with Gasteiger partial charge in [-0.25, -0.2) is 0 Å². The molecule has 0 bridgehead atoms. The van der Waals surface area contributed by atoms with Gasteiger partial charge in [0, 0.05) is 31.0 Å². The van der Waals surface area contributed by atoms with Crippen LogP contribution in [-0.4, -0.2) is 48.6 Å².